The summed E-state index contributed by atoms with van der Waals surface area (Å²) in [5, 5.41) is 3.31. The van der Waals surface area contributed by atoms with E-state index in [2.05, 4.69) is 41.0 Å². The summed E-state index contributed by atoms with van der Waals surface area (Å²) in [5.41, 5.74) is 0.00186. The van der Waals surface area contributed by atoms with E-state index in [-0.39, 0.29) is 5.41 Å². The molecule has 5 heteroatoms. The molecule has 0 saturated carbocycles. The third-order valence-corrected chi connectivity index (χ3v) is 3.31. The number of aliphatic imine (C=N–C) groups is 1. The van der Waals surface area contributed by atoms with Gasteiger partial charge in [0, 0.05) is 25.6 Å². The second kappa shape index (κ2) is 5.63. The summed E-state index contributed by atoms with van der Waals surface area (Å²) in [4.78, 5) is 10.9. The number of oxazole rings is 1. The molecule has 1 N–H and O–H groups in total. The van der Waals surface area contributed by atoms with Crippen molar-refractivity contribution in [3.05, 3.63) is 17.8 Å². The third kappa shape index (κ3) is 3.49. The maximum Gasteiger partial charge on any atom is 0.213 e. The summed E-state index contributed by atoms with van der Waals surface area (Å²) in [6.07, 6.45) is 4.30. The van der Waals surface area contributed by atoms with E-state index >= 15 is 0 Å². The molecule has 0 bridgehead atoms. The van der Waals surface area contributed by atoms with E-state index in [9.17, 15) is 0 Å². The van der Waals surface area contributed by atoms with Gasteiger partial charge in [0.1, 0.15) is 5.76 Å². The van der Waals surface area contributed by atoms with Gasteiger partial charge in [-0.25, -0.2) is 4.98 Å². The normalized spacial score (nSPS) is 17.1. The van der Waals surface area contributed by atoms with Gasteiger partial charge in [-0.2, -0.15) is 0 Å². The number of aromatic nitrogens is 1. The van der Waals surface area contributed by atoms with Crippen molar-refractivity contribution in [2.45, 2.75) is 45.6 Å². The van der Waals surface area contributed by atoms with Gasteiger partial charge in [0.15, 0.2) is 5.96 Å². The number of nitrogens with zero attached hydrogens (tertiary/aromatic N) is 3. The first kappa shape index (κ1) is 13.9. The Kier molecular flexibility index (Phi) is 4.12. The molecule has 1 aliphatic heterocycles. The Morgan fingerprint density at radius 1 is 1.42 bits per heavy atom. The molecule has 0 unspecified atom stereocenters. The Morgan fingerprint density at radius 3 is 2.63 bits per heavy atom. The van der Waals surface area contributed by atoms with Gasteiger partial charge >= 0.3 is 0 Å². The standard InChI is InChI=1S/C14H24N4O/c1-14(2,3)11-9-16-12(19-11)10-17-13(15-4)18-7-5-6-8-18/h9H,5-8,10H2,1-4H3,(H,15,17). The molecule has 5 nitrogen and oxygen atoms in total. The van der Waals surface area contributed by atoms with Gasteiger partial charge in [0.25, 0.3) is 0 Å². The average Bonchev–Trinajstić information content (AvgIpc) is 2.99. The van der Waals surface area contributed by atoms with Crippen LogP contribution in [0.25, 0.3) is 0 Å². The Morgan fingerprint density at radius 2 is 2.11 bits per heavy atom. The summed E-state index contributed by atoms with van der Waals surface area (Å²) >= 11 is 0. The minimum absolute atomic E-state index is 0.00186. The van der Waals surface area contributed by atoms with E-state index < -0.39 is 0 Å². The summed E-state index contributed by atoms with van der Waals surface area (Å²) in [5.74, 6) is 2.57. The topological polar surface area (TPSA) is 53.7 Å². The molecule has 1 aromatic rings. The van der Waals surface area contributed by atoms with E-state index in [1.165, 1.54) is 12.8 Å². The third-order valence-electron chi connectivity index (χ3n) is 3.31. The molecule has 0 aromatic carbocycles. The lowest BCUT2D eigenvalue weighted by Crippen LogP contribution is -2.39. The van der Waals surface area contributed by atoms with Crippen molar-refractivity contribution < 1.29 is 4.42 Å². The first-order valence-electron chi connectivity index (χ1n) is 6.91. The van der Waals surface area contributed by atoms with Crippen LogP contribution in [0.15, 0.2) is 15.6 Å². The molecule has 0 radical (unpaired) electrons. The predicted molar refractivity (Wildman–Crippen MR) is 76.2 cm³/mol. The molecule has 0 atom stereocenters. The highest BCUT2D eigenvalue weighted by Gasteiger charge is 2.20. The van der Waals surface area contributed by atoms with E-state index in [1.54, 1.807) is 0 Å². The van der Waals surface area contributed by atoms with Crippen molar-refractivity contribution in [2.24, 2.45) is 4.99 Å². The van der Waals surface area contributed by atoms with Crippen molar-refractivity contribution in [3.63, 3.8) is 0 Å². The van der Waals surface area contributed by atoms with Gasteiger partial charge in [-0.1, -0.05) is 20.8 Å². The van der Waals surface area contributed by atoms with Crippen LogP contribution in [0.2, 0.25) is 0 Å². The van der Waals surface area contributed by atoms with Crippen LogP contribution in [0.5, 0.6) is 0 Å². The smallest absolute Gasteiger partial charge is 0.213 e. The highest BCUT2D eigenvalue weighted by molar-refractivity contribution is 5.79. The zero-order chi connectivity index (χ0) is 13.9. The summed E-state index contributed by atoms with van der Waals surface area (Å²) in [6, 6.07) is 0. The average molecular weight is 264 g/mol. The van der Waals surface area contributed by atoms with Crippen molar-refractivity contribution in [1.82, 2.24) is 15.2 Å². The molecule has 19 heavy (non-hydrogen) atoms. The van der Waals surface area contributed by atoms with Crippen LogP contribution < -0.4 is 5.32 Å². The van der Waals surface area contributed by atoms with E-state index in [0.717, 1.165) is 24.8 Å². The van der Waals surface area contributed by atoms with Crippen molar-refractivity contribution in [2.75, 3.05) is 20.1 Å². The van der Waals surface area contributed by atoms with Gasteiger partial charge < -0.3 is 14.6 Å². The second-order valence-corrected chi connectivity index (χ2v) is 5.96. The van der Waals surface area contributed by atoms with E-state index in [0.29, 0.717) is 12.4 Å². The maximum absolute atomic E-state index is 5.76. The fourth-order valence-corrected chi connectivity index (χ4v) is 2.15. The van der Waals surface area contributed by atoms with Crippen LogP contribution in [-0.4, -0.2) is 36.0 Å². The Hall–Kier alpha value is -1.52. The van der Waals surface area contributed by atoms with Crippen LogP contribution >= 0.6 is 0 Å². The number of hydrogen-bond acceptors (Lipinski definition) is 3. The molecule has 1 aliphatic rings. The van der Waals surface area contributed by atoms with Gasteiger partial charge in [0.05, 0.1) is 12.7 Å². The Balaban J connectivity index is 1.92. The Labute approximate surface area is 115 Å². The van der Waals surface area contributed by atoms with Gasteiger partial charge in [-0.3, -0.25) is 4.99 Å². The summed E-state index contributed by atoms with van der Waals surface area (Å²) < 4.78 is 5.76. The molecule has 0 aliphatic carbocycles. The van der Waals surface area contributed by atoms with E-state index in [1.807, 2.05) is 13.2 Å². The molecule has 2 rings (SSSR count). The van der Waals surface area contributed by atoms with Gasteiger partial charge in [0.2, 0.25) is 5.89 Å². The van der Waals surface area contributed by atoms with Crippen LogP contribution in [0.4, 0.5) is 0 Å². The minimum Gasteiger partial charge on any atom is -0.443 e. The van der Waals surface area contributed by atoms with Crippen LogP contribution in [0, 0.1) is 0 Å². The zero-order valence-corrected chi connectivity index (χ0v) is 12.4. The van der Waals surface area contributed by atoms with Gasteiger partial charge in [-0.15, -0.1) is 0 Å². The number of likely N-dealkylation sites (tertiary alicyclic amines) is 1. The SMILES string of the molecule is CN=C(NCc1ncc(C(C)(C)C)o1)N1CCCC1. The molecule has 0 spiro atoms. The van der Waals surface area contributed by atoms with Gasteiger partial charge in [-0.05, 0) is 12.8 Å². The monoisotopic (exact) mass is 264 g/mol. The number of hydrogen-bond donors (Lipinski definition) is 1. The summed E-state index contributed by atoms with van der Waals surface area (Å²) in [6.45, 7) is 9.10. The quantitative estimate of drug-likeness (QED) is 0.657. The molecule has 106 valence electrons. The minimum atomic E-state index is 0.00186. The van der Waals surface area contributed by atoms with Crippen LogP contribution in [-0.2, 0) is 12.0 Å². The number of guanidine groups is 1. The lowest BCUT2D eigenvalue weighted by atomic mass is 9.94. The lowest BCUT2D eigenvalue weighted by Gasteiger charge is -2.20. The molecule has 1 saturated heterocycles. The molecular formula is C14H24N4O. The molecule has 1 fully saturated rings. The van der Waals surface area contributed by atoms with Crippen molar-refractivity contribution >= 4 is 5.96 Å². The predicted octanol–water partition coefficient (Wildman–Crippen LogP) is 2.14. The first-order valence-corrected chi connectivity index (χ1v) is 6.91. The van der Waals surface area contributed by atoms with E-state index in [4.69, 9.17) is 4.42 Å². The van der Waals surface area contributed by atoms with Crippen LogP contribution in [0.1, 0.15) is 45.3 Å². The maximum atomic E-state index is 5.76. The fraction of sp³-hybridized carbons (Fsp3) is 0.714. The van der Waals surface area contributed by atoms with Crippen LogP contribution in [0.3, 0.4) is 0 Å². The Bertz CT molecular complexity index is 439. The number of nitrogens with one attached hydrogen (secondary N) is 1. The zero-order valence-electron chi connectivity index (χ0n) is 12.4. The fourth-order valence-electron chi connectivity index (χ4n) is 2.15. The number of rotatable bonds is 2. The summed E-state index contributed by atoms with van der Waals surface area (Å²) in [7, 11) is 1.82. The second-order valence-electron chi connectivity index (χ2n) is 5.96. The molecule has 0 amide bonds. The largest absolute Gasteiger partial charge is 0.443 e. The van der Waals surface area contributed by atoms with Crippen molar-refractivity contribution in [1.29, 1.82) is 0 Å². The highest BCUT2D eigenvalue weighted by Crippen LogP contribution is 2.22. The molecular weight excluding hydrogens is 240 g/mol. The molecule has 2 heterocycles. The highest BCUT2D eigenvalue weighted by atomic mass is 16.4. The lowest BCUT2D eigenvalue weighted by molar-refractivity contribution is 0.377. The van der Waals surface area contributed by atoms with Crippen molar-refractivity contribution in [3.8, 4) is 0 Å². The molecule has 1 aromatic heterocycles. The first-order chi connectivity index (χ1) is 9.00.